The molecule has 1 aliphatic heterocycles. The first-order valence-corrected chi connectivity index (χ1v) is 13.2. The minimum atomic E-state index is -0.645. The van der Waals surface area contributed by atoms with E-state index in [-0.39, 0.29) is 12.1 Å². The average Bonchev–Trinajstić information content (AvgIpc) is 2.98. The van der Waals surface area contributed by atoms with Crippen LogP contribution in [0.2, 0.25) is 0 Å². The maximum atomic E-state index is 13.2. The summed E-state index contributed by atoms with van der Waals surface area (Å²) in [5.41, 5.74) is 3.80. The number of fused-ring (bicyclic) bond motifs is 1. The van der Waals surface area contributed by atoms with E-state index in [0.717, 1.165) is 29.8 Å². The molecule has 1 aliphatic rings. The molecule has 1 unspecified atom stereocenters. The molecule has 6 rings (SSSR count). The van der Waals surface area contributed by atoms with Crippen molar-refractivity contribution >= 4 is 10.9 Å². The van der Waals surface area contributed by atoms with Gasteiger partial charge in [0.2, 0.25) is 0 Å². The Bertz CT molecular complexity index is 1680. The molecule has 3 aromatic carbocycles. The van der Waals surface area contributed by atoms with E-state index in [9.17, 15) is 9.59 Å². The van der Waals surface area contributed by atoms with E-state index in [1.54, 1.807) is 24.5 Å². The smallest absolute Gasteiger partial charge is 0.328 e. The number of nitrogens with zero attached hydrogens (tertiary/aromatic N) is 3. The van der Waals surface area contributed by atoms with Crippen LogP contribution in [0.3, 0.4) is 0 Å². The van der Waals surface area contributed by atoms with Crippen LogP contribution in [0.5, 0.6) is 0 Å². The molecule has 1 saturated heterocycles. The van der Waals surface area contributed by atoms with E-state index in [2.05, 4.69) is 51.3 Å². The van der Waals surface area contributed by atoms with Crippen LogP contribution in [-0.2, 0) is 23.4 Å². The molecule has 1 N–H and O–H groups in total. The number of benzene rings is 3. The number of para-hydroxylation sites is 1. The van der Waals surface area contributed by atoms with Crippen LogP contribution < -0.4 is 11.2 Å². The van der Waals surface area contributed by atoms with E-state index in [0.29, 0.717) is 30.5 Å². The molecule has 1 fully saturated rings. The maximum absolute atomic E-state index is 13.2. The number of hydrogen-bond donors (Lipinski definition) is 1. The maximum Gasteiger partial charge on any atom is 0.328 e. The van der Waals surface area contributed by atoms with Crippen molar-refractivity contribution < 1.29 is 4.74 Å². The van der Waals surface area contributed by atoms with Gasteiger partial charge in [0, 0.05) is 45.0 Å². The van der Waals surface area contributed by atoms with Gasteiger partial charge in [-0.2, -0.15) is 0 Å². The highest BCUT2D eigenvalue weighted by atomic mass is 16.5. The van der Waals surface area contributed by atoms with Gasteiger partial charge in [0.25, 0.3) is 5.56 Å². The van der Waals surface area contributed by atoms with E-state index in [1.165, 1.54) is 10.1 Å². The fraction of sp³-hybridized carbons (Fsp3) is 0.219. The van der Waals surface area contributed by atoms with E-state index in [4.69, 9.17) is 4.74 Å². The Balaban J connectivity index is 1.25. The summed E-state index contributed by atoms with van der Waals surface area (Å²) in [6.07, 6.45) is 4.11. The summed E-state index contributed by atoms with van der Waals surface area (Å²) in [7, 11) is 0. The molecule has 39 heavy (non-hydrogen) atoms. The monoisotopic (exact) mass is 518 g/mol. The van der Waals surface area contributed by atoms with Crippen molar-refractivity contribution in [1.82, 2.24) is 19.4 Å². The zero-order chi connectivity index (χ0) is 26.7. The first kappa shape index (κ1) is 25.0. The van der Waals surface area contributed by atoms with Gasteiger partial charge >= 0.3 is 5.69 Å². The second-order valence-corrected chi connectivity index (χ2v) is 10.0. The number of nitrogens with one attached hydrogen (secondary N) is 1. The summed E-state index contributed by atoms with van der Waals surface area (Å²) in [4.78, 5) is 35.4. The van der Waals surface area contributed by atoms with Crippen molar-refractivity contribution in [2.24, 2.45) is 0 Å². The van der Waals surface area contributed by atoms with Crippen molar-refractivity contribution in [2.45, 2.75) is 25.1 Å². The van der Waals surface area contributed by atoms with Gasteiger partial charge in [-0.15, -0.1) is 0 Å². The molecule has 7 nitrogen and oxygen atoms in total. The number of morpholine rings is 1. The Morgan fingerprint density at radius 1 is 0.846 bits per heavy atom. The van der Waals surface area contributed by atoms with Crippen LogP contribution in [-0.4, -0.2) is 39.1 Å². The van der Waals surface area contributed by atoms with Crippen LogP contribution >= 0.6 is 0 Å². The SMILES string of the molecule is O=c1[nH]c2ccccc2c(=O)n1CCC1(c2ccccc2)CN(Cc2ccc(-c3ccncc3)cc2)CCO1. The third-order valence-corrected chi connectivity index (χ3v) is 7.57. The number of H-pyrrole nitrogens is 1. The largest absolute Gasteiger partial charge is 0.368 e. The van der Waals surface area contributed by atoms with Gasteiger partial charge in [-0.25, -0.2) is 4.79 Å². The van der Waals surface area contributed by atoms with Crippen LogP contribution in [0.4, 0.5) is 0 Å². The van der Waals surface area contributed by atoms with Crippen LogP contribution in [0, 0.1) is 0 Å². The lowest BCUT2D eigenvalue weighted by Gasteiger charge is -2.43. The Hall–Kier alpha value is -4.33. The Morgan fingerprint density at radius 3 is 2.36 bits per heavy atom. The summed E-state index contributed by atoms with van der Waals surface area (Å²) in [5.74, 6) is 0. The summed E-state index contributed by atoms with van der Waals surface area (Å²) in [6, 6.07) is 29.9. The lowest BCUT2D eigenvalue weighted by molar-refractivity contribution is -0.123. The zero-order valence-electron chi connectivity index (χ0n) is 21.6. The van der Waals surface area contributed by atoms with Crippen LogP contribution in [0.15, 0.2) is 113 Å². The van der Waals surface area contributed by atoms with Gasteiger partial charge in [0.05, 0.1) is 17.5 Å². The molecule has 3 heterocycles. The molecule has 196 valence electrons. The highest BCUT2D eigenvalue weighted by molar-refractivity contribution is 5.76. The van der Waals surface area contributed by atoms with Crippen molar-refractivity contribution in [2.75, 3.05) is 19.7 Å². The highest BCUT2D eigenvalue weighted by Gasteiger charge is 2.38. The molecule has 2 aromatic heterocycles. The number of ether oxygens (including phenoxy) is 1. The molecule has 7 heteroatoms. The fourth-order valence-electron chi connectivity index (χ4n) is 5.50. The third kappa shape index (κ3) is 5.19. The molecule has 5 aromatic rings. The normalized spacial score (nSPS) is 17.8. The topological polar surface area (TPSA) is 80.2 Å². The van der Waals surface area contributed by atoms with Crippen molar-refractivity contribution in [3.05, 3.63) is 135 Å². The van der Waals surface area contributed by atoms with Gasteiger partial charge in [-0.1, -0.05) is 66.7 Å². The minimum absolute atomic E-state index is 0.252. The van der Waals surface area contributed by atoms with Crippen LogP contribution in [0.1, 0.15) is 17.5 Å². The summed E-state index contributed by atoms with van der Waals surface area (Å²) >= 11 is 0. The average molecular weight is 519 g/mol. The molecule has 0 radical (unpaired) electrons. The second-order valence-electron chi connectivity index (χ2n) is 10.0. The molecule has 0 aliphatic carbocycles. The molecular weight excluding hydrogens is 488 g/mol. The molecule has 0 bridgehead atoms. The molecule has 0 amide bonds. The summed E-state index contributed by atoms with van der Waals surface area (Å²) < 4.78 is 7.81. The first-order chi connectivity index (χ1) is 19.1. The molecule has 0 spiro atoms. The number of pyridine rings is 1. The van der Waals surface area contributed by atoms with Crippen LogP contribution in [0.25, 0.3) is 22.0 Å². The van der Waals surface area contributed by atoms with Crippen molar-refractivity contribution in [1.29, 1.82) is 0 Å². The molecule has 1 atom stereocenters. The summed E-state index contributed by atoms with van der Waals surface area (Å²) in [6.45, 7) is 3.06. The van der Waals surface area contributed by atoms with E-state index >= 15 is 0 Å². The quantitative estimate of drug-likeness (QED) is 0.342. The van der Waals surface area contributed by atoms with Gasteiger partial charge < -0.3 is 9.72 Å². The number of hydrogen-bond acceptors (Lipinski definition) is 5. The Kier molecular flexibility index (Phi) is 6.92. The van der Waals surface area contributed by atoms with Gasteiger partial charge in [0.15, 0.2) is 0 Å². The lowest BCUT2D eigenvalue weighted by atomic mass is 9.88. The number of aromatic amines is 1. The minimum Gasteiger partial charge on any atom is -0.368 e. The fourth-order valence-corrected chi connectivity index (χ4v) is 5.50. The molecule has 0 saturated carbocycles. The number of aromatic nitrogens is 3. The highest BCUT2D eigenvalue weighted by Crippen LogP contribution is 2.34. The predicted molar refractivity (Wildman–Crippen MR) is 152 cm³/mol. The number of rotatable bonds is 7. The lowest BCUT2D eigenvalue weighted by Crippen LogP contribution is -2.50. The Labute approximate surface area is 226 Å². The van der Waals surface area contributed by atoms with E-state index in [1.807, 2.05) is 42.5 Å². The molecular formula is C32H30N4O3. The van der Waals surface area contributed by atoms with Crippen molar-refractivity contribution in [3.8, 4) is 11.1 Å². The van der Waals surface area contributed by atoms with Gasteiger partial charge in [0.1, 0.15) is 5.60 Å². The van der Waals surface area contributed by atoms with E-state index < -0.39 is 11.3 Å². The second kappa shape index (κ2) is 10.8. The predicted octanol–water partition coefficient (Wildman–Crippen LogP) is 4.57. The van der Waals surface area contributed by atoms with Gasteiger partial charge in [-0.05, 0) is 46.5 Å². The zero-order valence-corrected chi connectivity index (χ0v) is 21.6. The standard InChI is InChI=1S/C32H30N4O3/c37-30-28-8-4-5-9-29(28)34-31(38)36(30)19-16-32(27-6-2-1-3-7-27)23-35(20-21-39-32)22-24-10-12-25(13-11-24)26-14-17-33-18-15-26/h1-15,17-18H,16,19-23H2,(H,34,38). The third-order valence-electron chi connectivity index (χ3n) is 7.57. The summed E-state index contributed by atoms with van der Waals surface area (Å²) in [5, 5.41) is 0.507. The Morgan fingerprint density at radius 2 is 1.56 bits per heavy atom. The van der Waals surface area contributed by atoms with Crippen molar-refractivity contribution in [3.63, 3.8) is 0 Å². The van der Waals surface area contributed by atoms with Gasteiger partial charge in [-0.3, -0.25) is 19.2 Å². The first-order valence-electron chi connectivity index (χ1n) is 13.2.